The van der Waals surface area contributed by atoms with Crippen LogP contribution in [0.2, 0.25) is 0 Å². The molecule has 3 N–H and O–H groups in total. The molecule has 2 nitrogen and oxygen atoms in total. The Labute approximate surface area is 114 Å². The highest BCUT2D eigenvalue weighted by atomic mass is 79.9. The topological polar surface area (TPSA) is 38.0 Å². The molecular weight excluding hydrogens is 296 g/mol. The Morgan fingerprint density at radius 1 is 1.29 bits per heavy atom. The summed E-state index contributed by atoms with van der Waals surface area (Å²) in [5, 5.41) is 2.07. The van der Waals surface area contributed by atoms with Crippen LogP contribution >= 0.6 is 27.3 Å². The lowest BCUT2D eigenvalue weighted by Crippen LogP contribution is -2.29. The molecule has 0 aliphatic carbocycles. The van der Waals surface area contributed by atoms with Crippen LogP contribution in [-0.4, -0.2) is 0 Å². The fourth-order valence-corrected chi connectivity index (χ4v) is 3.45. The molecule has 1 heterocycles. The molecule has 1 aromatic carbocycles. The summed E-state index contributed by atoms with van der Waals surface area (Å²) in [7, 11) is 0. The highest BCUT2D eigenvalue weighted by Gasteiger charge is 2.14. The van der Waals surface area contributed by atoms with E-state index < -0.39 is 0 Å². The second kappa shape index (κ2) is 5.78. The van der Waals surface area contributed by atoms with Crippen molar-refractivity contribution in [1.29, 1.82) is 0 Å². The third-order valence-electron chi connectivity index (χ3n) is 2.72. The maximum Gasteiger partial charge on any atom is 0.0604 e. The van der Waals surface area contributed by atoms with Gasteiger partial charge in [-0.15, -0.1) is 11.3 Å². The molecule has 2 aromatic rings. The van der Waals surface area contributed by atoms with Crippen LogP contribution in [0, 0.1) is 6.92 Å². The van der Waals surface area contributed by atoms with E-state index in [1.54, 1.807) is 11.3 Å². The minimum absolute atomic E-state index is 0.159. The summed E-state index contributed by atoms with van der Waals surface area (Å²) in [6, 6.07) is 10.8. The van der Waals surface area contributed by atoms with Gasteiger partial charge in [-0.05, 0) is 46.3 Å². The van der Waals surface area contributed by atoms with Gasteiger partial charge >= 0.3 is 0 Å². The van der Waals surface area contributed by atoms with E-state index in [2.05, 4.69) is 64.0 Å². The molecule has 1 atom stereocenters. The largest absolute Gasteiger partial charge is 0.271 e. The SMILES string of the molecule is Cc1ccc(CC(NN)c2sccc2Br)cc1. The zero-order valence-corrected chi connectivity index (χ0v) is 12.0. The Hall–Kier alpha value is -0.680. The molecule has 0 aliphatic rings. The maximum absolute atomic E-state index is 5.65. The average Bonchev–Trinajstić information content (AvgIpc) is 2.75. The molecule has 17 heavy (non-hydrogen) atoms. The molecular formula is C13H15BrN2S. The number of nitrogens with one attached hydrogen (secondary N) is 1. The van der Waals surface area contributed by atoms with E-state index in [1.807, 2.05) is 0 Å². The summed E-state index contributed by atoms with van der Waals surface area (Å²) in [4.78, 5) is 1.24. The maximum atomic E-state index is 5.65. The van der Waals surface area contributed by atoms with E-state index >= 15 is 0 Å². The number of halogens is 1. The molecule has 0 amide bonds. The van der Waals surface area contributed by atoms with Crippen LogP contribution in [0.4, 0.5) is 0 Å². The number of benzene rings is 1. The Morgan fingerprint density at radius 3 is 2.53 bits per heavy atom. The van der Waals surface area contributed by atoms with Crippen LogP contribution in [0.25, 0.3) is 0 Å². The first-order chi connectivity index (χ1) is 8.20. The predicted octanol–water partition coefficient (Wildman–Crippen LogP) is 3.57. The van der Waals surface area contributed by atoms with E-state index in [0.717, 1.165) is 10.9 Å². The number of hydrogen-bond acceptors (Lipinski definition) is 3. The number of hydrogen-bond donors (Lipinski definition) is 2. The molecule has 90 valence electrons. The van der Waals surface area contributed by atoms with Crippen LogP contribution in [-0.2, 0) is 6.42 Å². The second-order valence-corrected chi connectivity index (χ2v) is 5.84. The van der Waals surface area contributed by atoms with Gasteiger partial charge in [0.15, 0.2) is 0 Å². The van der Waals surface area contributed by atoms with E-state index in [0.29, 0.717) is 0 Å². The molecule has 1 unspecified atom stereocenters. The fraction of sp³-hybridized carbons (Fsp3) is 0.231. The van der Waals surface area contributed by atoms with Gasteiger partial charge in [-0.3, -0.25) is 11.3 Å². The first kappa shape index (κ1) is 12.8. The molecule has 0 fully saturated rings. The summed E-state index contributed by atoms with van der Waals surface area (Å²) in [5.41, 5.74) is 5.46. The van der Waals surface area contributed by atoms with Crippen LogP contribution in [0.5, 0.6) is 0 Å². The van der Waals surface area contributed by atoms with E-state index in [-0.39, 0.29) is 6.04 Å². The minimum atomic E-state index is 0.159. The number of rotatable bonds is 4. The average molecular weight is 311 g/mol. The van der Waals surface area contributed by atoms with E-state index in [9.17, 15) is 0 Å². The Kier molecular flexibility index (Phi) is 4.34. The summed E-state index contributed by atoms with van der Waals surface area (Å²) in [5.74, 6) is 5.65. The van der Waals surface area contributed by atoms with Crippen molar-refractivity contribution in [2.75, 3.05) is 0 Å². The Balaban J connectivity index is 2.16. The van der Waals surface area contributed by atoms with Crippen molar-refractivity contribution >= 4 is 27.3 Å². The first-order valence-corrected chi connectivity index (χ1v) is 7.12. The molecule has 0 bridgehead atoms. The lowest BCUT2D eigenvalue weighted by Gasteiger charge is -2.15. The van der Waals surface area contributed by atoms with Crippen LogP contribution in [0.3, 0.4) is 0 Å². The number of nitrogens with two attached hydrogens (primary N) is 1. The molecule has 4 heteroatoms. The zero-order chi connectivity index (χ0) is 12.3. The van der Waals surface area contributed by atoms with Crippen LogP contribution in [0.15, 0.2) is 40.2 Å². The smallest absolute Gasteiger partial charge is 0.0604 e. The summed E-state index contributed by atoms with van der Waals surface area (Å²) >= 11 is 5.26. The Morgan fingerprint density at radius 2 is 2.00 bits per heavy atom. The third-order valence-corrected chi connectivity index (χ3v) is 4.71. The highest BCUT2D eigenvalue weighted by Crippen LogP contribution is 2.30. The Bertz CT molecular complexity index is 478. The van der Waals surface area contributed by atoms with Gasteiger partial charge in [0.1, 0.15) is 0 Å². The van der Waals surface area contributed by atoms with Gasteiger partial charge in [0.2, 0.25) is 0 Å². The highest BCUT2D eigenvalue weighted by molar-refractivity contribution is 9.10. The van der Waals surface area contributed by atoms with Crippen molar-refractivity contribution in [3.63, 3.8) is 0 Å². The van der Waals surface area contributed by atoms with Gasteiger partial charge in [0.05, 0.1) is 6.04 Å². The first-order valence-electron chi connectivity index (χ1n) is 5.45. The van der Waals surface area contributed by atoms with Crippen LogP contribution < -0.4 is 11.3 Å². The predicted molar refractivity (Wildman–Crippen MR) is 77.0 cm³/mol. The van der Waals surface area contributed by atoms with Gasteiger partial charge in [-0.25, -0.2) is 0 Å². The van der Waals surface area contributed by atoms with Crippen molar-refractivity contribution in [1.82, 2.24) is 5.43 Å². The quantitative estimate of drug-likeness (QED) is 0.669. The molecule has 2 rings (SSSR count). The number of hydrazine groups is 1. The summed E-state index contributed by atoms with van der Waals surface area (Å²) in [6.07, 6.45) is 0.899. The van der Waals surface area contributed by atoms with Gasteiger partial charge in [0, 0.05) is 9.35 Å². The monoisotopic (exact) mass is 310 g/mol. The lowest BCUT2D eigenvalue weighted by atomic mass is 10.0. The fourth-order valence-electron chi connectivity index (χ4n) is 1.74. The van der Waals surface area contributed by atoms with Crippen LogP contribution in [0.1, 0.15) is 22.0 Å². The lowest BCUT2D eigenvalue weighted by molar-refractivity contribution is 0.559. The molecule has 0 spiro atoms. The van der Waals surface area contributed by atoms with Gasteiger partial charge in [0.25, 0.3) is 0 Å². The van der Waals surface area contributed by atoms with Gasteiger partial charge in [-0.2, -0.15) is 0 Å². The van der Waals surface area contributed by atoms with Crippen molar-refractivity contribution in [3.8, 4) is 0 Å². The minimum Gasteiger partial charge on any atom is -0.271 e. The van der Waals surface area contributed by atoms with Gasteiger partial charge in [-0.1, -0.05) is 29.8 Å². The third kappa shape index (κ3) is 3.16. The summed E-state index contributed by atoms with van der Waals surface area (Å²) in [6.45, 7) is 2.10. The van der Waals surface area contributed by atoms with Crippen molar-refractivity contribution in [2.24, 2.45) is 5.84 Å². The summed E-state index contributed by atoms with van der Waals surface area (Å²) < 4.78 is 1.12. The van der Waals surface area contributed by atoms with E-state index in [1.165, 1.54) is 16.0 Å². The van der Waals surface area contributed by atoms with Crippen molar-refractivity contribution in [3.05, 3.63) is 56.2 Å². The molecule has 0 saturated heterocycles. The molecule has 0 saturated carbocycles. The molecule has 0 aliphatic heterocycles. The van der Waals surface area contributed by atoms with E-state index in [4.69, 9.17) is 5.84 Å². The number of aryl methyl sites for hydroxylation is 1. The zero-order valence-electron chi connectivity index (χ0n) is 9.61. The standard InChI is InChI=1S/C13H15BrN2S/c1-9-2-4-10(5-3-9)8-12(16-15)13-11(14)6-7-17-13/h2-7,12,16H,8,15H2,1H3. The van der Waals surface area contributed by atoms with Gasteiger partial charge < -0.3 is 0 Å². The van der Waals surface area contributed by atoms with Crippen molar-refractivity contribution in [2.45, 2.75) is 19.4 Å². The molecule has 0 radical (unpaired) electrons. The molecule has 1 aromatic heterocycles. The number of thiophene rings is 1. The van der Waals surface area contributed by atoms with Crippen molar-refractivity contribution < 1.29 is 0 Å². The second-order valence-electron chi connectivity index (χ2n) is 4.04. The normalized spacial score (nSPS) is 12.6.